The SMILES string of the molecule is COc1cccc(N2C(=O)Nc3ccccc3[C@]2(O)C(=O)N[C@H]2CCCc3ccccc32)c1. The molecule has 2 aliphatic rings. The molecule has 2 atom stereocenters. The van der Waals surface area contributed by atoms with Gasteiger partial charge in [-0.2, -0.15) is 0 Å². The number of anilines is 2. The van der Waals surface area contributed by atoms with Gasteiger partial charge in [-0.1, -0.05) is 48.5 Å². The number of urea groups is 1. The van der Waals surface area contributed by atoms with E-state index < -0.39 is 17.7 Å². The predicted molar refractivity (Wildman–Crippen MR) is 125 cm³/mol. The number of nitrogens with one attached hydrogen (secondary N) is 2. The Labute approximate surface area is 192 Å². The molecule has 0 spiro atoms. The number of amides is 3. The Bertz CT molecular complexity index is 1230. The van der Waals surface area contributed by atoms with Crippen LogP contribution in [0.15, 0.2) is 72.8 Å². The first-order valence-corrected chi connectivity index (χ1v) is 11.0. The van der Waals surface area contributed by atoms with Gasteiger partial charge in [0.25, 0.3) is 11.6 Å². The molecule has 1 aliphatic heterocycles. The van der Waals surface area contributed by atoms with Gasteiger partial charge in [-0.15, -0.1) is 0 Å². The average Bonchev–Trinajstić information content (AvgIpc) is 2.84. The molecule has 168 valence electrons. The highest BCUT2D eigenvalue weighted by Gasteiger charge is 2.52. The zero-order valence-corrected chi connectivity index (χ0v) is 18.2. The van der Waals surface area contributed by atoms with E-state index in [1.807, 2.05) is 18.2 Å². The Morgan fingerprint density at radius 3 is 2.76 bits per heavy atom. The molecular formula is C26H25N3O4. The van der Waals surface area contributed by atoms with Crippen molar-refractivity contribution in [1.29, 1.82) is 0 Å². The lowest BCUT2D eigenvalue weighted by Gasteiger charge is -2.43. The highest BCUT2D eigenvalue weighted by Crippen LogP contribution is 2.41. The van der Waals surface area contributed by atoms with E-state index >= 15 is 0 Å². The quantitative estimate of drug-likeness (QED) is 0.567. The number of methoxy groups -OCH3 is 1. The van der Waals surface area contributed by atoms with E-state index in [9.17, 15) is 14.7 Å². The lowest BCUT2D eigenvalue weighted by atomic mass is 9.87. The second kappa shape index (κ2) is 8.26. The number of para-hydroxylation sites is 1. The van der Waals surface area contributed by atoms with Gasteiger partial charge in [-0.3, -0.25) is 9.69 Å². The molecule has 1 aliphatic carbocycles. The molecule has 3 aromatic rings. The fourth-order valence-corrected chi connectivity index (χ4v) is 4.77. The monoisotopic (exact) mass is 443 g/mol. The van der Waals surface area contributed by atoms with E-state index in [1.165, 1.54) is 12.7 Å². The fourth-order valence-electron chi connectivity index (χ4n) is 4.77. The van der Waals surface area contributed by atoms with E-state index in [1.54, 1.807) is 48.5 Å². The van der Waals surface area contributed by atoms with Crippen molar-refractivity contribution < 1.29 is 19.4 Å². The maximum Gasteiger partial charge on any atom is 0.329 e. The molecule has 3 aromatic carbocycles. The van der Waals surface area contributed by atoms with E-state index in [0.717, 1.165) is 29.7 Å². The summed E-state index contributed by atoms with van der Waals surface area (Å²) in [4.78, 5) is 28.1. The van der Waals surface area contributed by atoms with Crippen molar-refractivity contribution >= 4 is 23.3 Å². The zero-order valence-electron chi connectivity index (χ0n) is 18.2. The Kier molecular flexibility index (Phi) is 5.26. The molecule has 3 amide bonds. The Morgan fingerprint density at radius 2 is 1.91 bits per heavy atom. The van der Waals surface area contributed by atoms with Gasteiger partial charge in [0.15, 0.2) is 0 Å². The van der Waals surface area contributed by atoms with E-state index in [0.29, 0.717) is 22.7 Å². The van der Waals surface area contributed by atoms with Crippen LogP contribution >= 0.6 is 0 Å². The Balaban J connectivity index is 1.59. The van der Waals surface area contributed by atoms with Gasteiger partial charge >= 0.3 is 6.03 Å². The largest absolute Gasteiger partial charge is 0.497 e. The second-order valence-corrected chi connectivity index (χ2v) is 8.30. The molecule has 0 saturated carbocycles. The highest BCUT2D eigenvalue weighted by molar-refractivity contribution is 6.12. The summed E-state index contributed by atoms with van der Waals surface area (Å²) in [6.07, 6.45) is 2.64. The molecular weight excluding hydrogens is 418 g/mol. The summed E-state index contributed by atoms with van der Waals surface area (Å²) in [7, 11) is 1.52. The van der Waals surface area contributed by atoms with Gasteiger partial charge in [0.2, 0.25) is 0 Å². The molecule has 33 heavy (non-hydrogen) atoms. The number of carbonyl (C=O) groups is 2. The Morgan fingerprint density at radius 1 is 1.12 bits per heavy atom. The van der Waals surface area contributed by atoms with Crippen molar-refractivity contribution in [3.63, 3.8) is 0 Å². The molecule has 0 radical (unpaired) electrons. The molecule has 0 aromatic heterocycles. The third-order valence-electron chi connectivity index (χ3n) is 6.37. The summed E-state index contributed by atoms with van der Waals surface area (Å²) in [5.41, 5.74) is 1.01. The number of benzene rings is 3. The number of ether oxygens (including phenoxy) is 1. The maximum atomic E-state index is 13.8. The zero-order chi connectivity index (χ0) is 23.0. The van der Waals surface area contributed by atoms with Crippen LogP contribution < -0.4 is 20.3 Å². The summed E-state index contributed by atoms with van der Waals surface area (Å²) in [6.45, 7) is 0. The summed E-state index contributed by atoms with van der Waals surface area (Å²) in [5, 5.41) is 17.8. The molecule has 7 heteroatoms. The number of fused-ring (bicyclic) bond motifs is 2. The van der Waals surface area contributed by atoms with Gasteiger partial charge in [-0.05, 0) is 48.6 Å². The number of rotatable bonds is 4. The standard InChI is InChI=1S/C26H25N3O4/c1-33-19-11-7-10-18(16-19)29-25(31)28-23-14-5-4-13-21(23)26(29,32)24(30)27-22-15-6-9-17-8-2-3-12-20(17)22/h2-5,7-8,10-14,16,22,32H,6,9,15H2,1H3,(H,27,30)(H,28,31)/t22-,26-/m0/s1. The lowest BCUT2D eigenvalue weighted by Crippen LogP contribution is -2.63. The van der Waals surface area contributed by atoms with Crippen LogP contribution in [-0.2, 0) is 16.9 Å². The van der Waals surface area contributed by atoms with Crippen LogP contribution in [0.3, 0.4) is 0 Å². The van der Waals surface area contributed by atoms with Crippen molar-refractivity contribution in [2.45, 2.75) is 31.0 Å². The summed E-state index contributed by atoms with van der Waals surface area (Å²) in [5.74, 6) is -0.155. The molecule has 0 fully saturated rings. The van der Waals surface area contributed by atoms with Crippen molar-refractivity contribution in [1.82, 2.24) is 5.32 Å². The molecule has 0 unspecified atom stereocenters. The van der Waals surface area contributed by atoms with Crippen LogP contribution in [0.2, 0.25) is 0 Å². The van der Waals surface area contributed by atoms with Crippen LogP contribution in [0.4, 0.5) is 16.2 Å². The first kappa shape index (κ1) is 21.0. The Hall–Kier alpha value is -3.84. The summed E-state index contributed by atoms with van der Waals surface area (Å²) >= 11 is 0. The second-order valence-electron chi connectivity index (χ2n) is 8.30. The normalized spacial score (nSPS) is 21.5. The fraction of sp³-hybridized carbons (Fsp3) is 0.231. The highest BCUT2D eigenvalue weighted by atomic mass is 16.5. The van der Waals surface area contributed by atoms with Crippen molar-refractivity contribution in [2.24, 2.45) is 0 Å². The van der Waals surface area contributed by atoms with E-state index in [-0.39, 0.29) is 6.04 Å². The first-order chi connectivity index (χ1) is 16.0. The third-order valence-corrected chi connectivity index (χ3v) is 6.37. The van der Waals surface area contributed by atoms with E-state index in [2.05, 4.69) is 16.7 Å². The maximum absolute atomic E-state index is 13.8. The van der Waals surface area contributed by atoms with Crippen LogP contribution in [0, 0.1) is 0 Å². The van der Waals surface area contributed by atoms with Crippen molar-refractivity contribution in [3.05, 3.63) is 89.5 Å². The number of hydrogen-bond acceptors (Lipinski definition) is 4. The van der Waals surface area contributed by atoms with Crippen LogP contribution in [0.1, 0.15) is 35.6 Å². The number of aryl methyl sites for hydroxylation is 1. The van der Waals surface area contributed by atoms with Crippen LogP contribution in [0.25, 0.3) is 0 Å². The van der Waals surface area contributed by atoms with Gasteiger partial charge < -0.3 is 20.5 Å². The molecule has 5 rings (SSSR count). The third kappa shape index (κ3) is 3.50. The molecule has 7 nitrogen and oxygen atoms in total. The molecule has 0 bridgehead atoms. The van der Waals surface area contributed by atoms with Crippen LogP contribution in [0.5, 0.6) is 5.75 Å². The van der Waals surface area contributed by atoms with Crippen LogP contribution in [-0.4, -0.2) is 24.2 Å². The van der Waals surface area contributed by atoms with Crippen molar-refractivity contribution in [3.8, 4) is 5.75 Å². The topological polar surface area (TPSA) is 90.9 Å². The summed E-state index contributed by atoms with van der Waals surface area (Å²) in [6, 6.07) is 20.6. The minimum atomic E-state index is -2.25. The predicted octanol–water partition coefficient (Wildman–Crippen LogP) is 4.09. The van der Waals surface area contributed by atoms with Gasteiger partial charge in [0.1, 0.15) is 5.75 Å². The lowest BCUT2D eigenvalue weighted by molar-refractivity contribution is -0.141. The van der Waals surface area contributed by atoms with Gasteiger partial charge in [0.05, 0.1) is 24.5 Å². The minimum absolute atomic E-state index is 0.254. The molecule has 3 N–H and O–H groups in total. The van der Waals surface area contributed by atoms with Gasteiger partial charge in [0, 0.05) is 11.6 Å². The summed E-state index contributed by atoms with van der Waals surface area (Å²) < 4.78 is 5.30. The number of hydrogen-bond donors (Lipinski definition) is 3. The van der Waals surface area contributed by atoms with Crippen molar-refractivity contribution in [2.75, 3.05) is 17.3 Å². The van der Waals surface area contributed by atoms with E-state index in [4.69, 9.17) is 4.74 Å². The minimum Gasteiger partial charge on any atom is -0.497 e. The number of aliphatic hydroxyl groups is 1. The number of carbonyl (C=O) groups excluding carboxylic acids is 2. The van der Waals surface area contributed by atoms with Gasteiger partial charge in [-0.25, -0.2) is 4.79 Å². The average molecular weight is 444 g/mol. The molecule has 1 heterocycles. The first-order valence-electron chi connectivity index (χ1n) is 11.0. The number of nitrogens with zero attached hydrogens (tertiary/aromatic N) is 1. The molecule has 0 saturated heterocycles. The smallest absolute Gasteiger partial charge is 0.329 e.